The standard InChI is InChI=1S/C21H18F5N3O3.2C2H6/c1-11-5-13(22)18(32-4-3-31-2)8-17(11)27-21-28-20(30)16(25)10-29(21)9-12-6-14(23)19(26)15(24)7-12;2*1-2/h5-8,10H,3-4,9H2,1-2H3,(H,27,28,30);2*1-2H3. The number of halogens is 5. The summed E-state index contributed by atoms with van der Waals surface area (Å²) in [5.74, 6) is -6.62. The third-order valence-corrected chi connectivity index (χ3v) is 4.42. The Labute approximate surface area is 206 Å². The fraction of sp³-hybridized carbons (Fsp3) is 0.360. The molecule has 1 N–H and O–H groups in total. The van der Waals surface area contributed by atoms with Crippen molar-refractivity contribution in [3.05, 3.63) is 81.0 Å². The first kappa shape index (κ1) is 30.6. The molecule has 36 heavy (non-hydrogen) atoms. The van der Waals surface area contributed by atoms with Gasteiger partial charge in [0.05, 0.1) is 13.2 Å². The lowest BCUT2D eigenvalue weighted by atomic mass is 10.2. The molecule has 0 amide bonds. The highest BCUT2D eigenvalue weighted by Gasteiger charge is 2.16. The van der Waals surface area contributed by atoms with Gasteiger partial charge >= 0.3 is 5.56 Å². The minimum atomic E-state index is -1.64. The average Bonchev–Trinajstić information content (AvgIpc) is 2.86. The quantitative estimate of drug-likeness (QED) is 0.223. The number of ether oxygens (including phenoxy) is 2. The third kappa shape index (κ3) is 8.04. The monoisotopic (exact) mass is 515 g/mol. The summed E-state index contributed by atoms with van der Waals surface area (Å²) in [4.78, 5) is 15.4. The van der Waals surface area contributed by atoms with E-state index in [2.05, 4.69) is 10.3 Å². The second kappa shape index (κ2) is 14.8. The number of rotatable bonds is 8. The van der Waals surface area contributed by atoms with Gasteiger partial charge in [0.1, 0.15) is 6.61 Å². The van der Waals surface area contributed by atoms with E-state index in [1.165, 1.54) is 19.2 Å². The van der Waals surface area contributed by atoms with Crippen molar-refractivity contribution in [3.8, 4) is 5.75 Å². The summed E-state index contributed by atoms with van der Waals surface area (Å²) in [6.45, 7) is 9.52. The maximum Gasteiger partial charge on any atom is 0.310 e. The van der Waals surface area contributed by atoms with Crippen LogP contribution in [0.3, 0.4) is 0 Å². The molecule has 3 aromatic rings. The van der Waals surface area contributed by atoms with Crippen molar-refractivity contribution in [2.24, 2.45) is 0 Å². The summed E-state index contributed by atoms with van der Waals surface area (Å²) in [6.07, 6.45) is 0.783. The number of methoxy groups -OCH3 is 1. The number of benzene rings is 2. The first-order valence-corrected chi connectivity index (χ1v) is 11.3. The van der Waals surface area contributed by atoms with Crippen LogP contribution in [-0.4, -0.2) is 29.9 Å². The molecule has 0 saturated carbocycles. The number of hydrogen-bond acceptors (Lipinski definition) is 5. The number of anilines is 2. The molecule has 0 aliphatic rings. The molecule has 1 heterocycles. The number of aryl methyl sites for hydroxylation is 1. The lowest BCUT2D eigenvalue weighted by Gasteiger charge is -2.17. The Morgan fingerprint density at radius 2 is 1.50 bits per heavy atom. The summed E-state index contributed by atoms with van der Waals surface area (Å²) in [5.41, 5.74) is -0.543. The summed E-state index contributed by atoms with van der Waals surface area (Å²) < 4.78 is 79.6. The minimum absolute atomic E-state index is 0.0475. The highest BCUT2D eigenvalue weighted by Crippen LogP contribution is 2.28. The van der Waals surface area contributed by atoms with Crippen LogP contribution in [0.2, 0.25) is 0 Å². The van der Waals surface area contributed by atoms with E-state index >= 15 is 0 Å². The number of nitrogens with zero attached hydrogens (tertiary/aromatic N) is 2. The minimum Gasteiger partial charge on any atom is -0.488 e. The summed E-state index contributed by atoms with van der Waals surface area (Å²) in [5, 5.41) is 2.77. The zero-order valence-corrected chi connectivity index (χ0v) is 21.0. The van der Waals surface area contributed by atoms with Crippen LogP contribution in [0, 0.1) is 36.0 Å². The molecule has 2 aromatic carbocycles. The molecular weight excluding hydrogens is 485 g/mol. The zero-order chi connectivity index (χ0) is 27.4. The smallest absolute Gasteiger partial charge is 0.310 e. The lowest BCUT2D eigenvalue weighted by molar-refractivity contribution is 0.144. The largest absolute Gasteiger partial charge is 0.488 e. The molecule has 0 atom stereocenters. The fourth-order valence-corrected chi connectivity index (χ4v) is 2.84. The van der Waals surface area contributed by atoms with E-state index in [9.17, 15) is 26.7 Å². The Balaban J connectivity index is 0.00000154. The van der Waals surface area contributed by atoms with Crippen molar-refractivity contribution < 1.29 is 31.4 Å². The number of aromatic nitrogens is 2. The van der Waals surface area contributed by atoms with Crippen molar-refractivity contribution in [2.75, 3.05) is 25.6 Å². The normalized spacial score (nSPS) is 10.1. The second-order valence-corrected chi connectivity index (χ2v) is 6.78. The van der Waals surface area contributed by atoms with Gasteiger partial charge in [-0.2, -0.15) is 9.37 Å². The van der Waals surface area contributed by atoms with Gasteiger partial charge in [-0.15, -0.1) is 0 Å². The van der Waals surface area contributed by atoms with Crippen molar-refractivity contribution in [1.29, 1.82) is 0 Å². The summed E-state index contributed by atoms with van der Waals surface area (Å²) in [6, 6.07) is 3.98. The predicted octanol–water partition coefficient (Wildman–Crippen LogP) is 6.12. The number of nitrogens with one attached hydrogen (secondary N) is 1. The first-order chi connectivity index (χ1) is 17.2. The molecule has 0 spiro atoms. The van der Waals surface area contributed by atoms with Gasteiger partial charge < -0.3 is 19.4 Å². The maximum absolute atomic E-state index is 14.2. The van der Waals surface area contributed by atoms with Crippen LogP contribution in [0.25, 0.3) is 0 Å². The first-order valence-electron chi connectivity index (χ1n) is 11.3. The van der Waals surface area contributed by atoms with Crippen LogP contribution in [0.15, 0.2) is 35.3 Å². The fourth-order valence-electron chi connectivity index (χ4n) is 2.84. The zero-order valence-electron chi connectivity index (χ0n) is 21.0. The van der Waals surface area contributed by atoms with E-state index < -0.39 is 34.6 Å². The predicted molar refractivity (Wildman–Crippen MR) is 128 cm³/mol. The summed E-state index contributed by atoms with van der Waals surface area (Å²) in [7, 11) is 1.46. The van der Waals surface area contributed by atoms with E-state index in [1.807, 2.05) is 27.7 Å². The molecular formula is C25H30F5N3O3. The molecule has 1 aromatic heterocycles. The molecule has 0 fully saturated rings. The highest BCUT2D eigenvalue weighted by atomic mass is 19.2. The molecule has 0 aliphatic heterocycles. The van der Waals surface area contributed by atoms with Crippen molar-refractivity contribution in [3.63, 3.8) is 0 Å². The SMILES string of the molecule is CC.CC.COCCOc1cc(Nc2nc(=O)c(F)cn2Cc2cc(F)c(F)c(F)c2)c(C)cc1F. The van der Waals surface area contributed by atoms with Gasteiger partial charge in [-0.05, 0) is 36.2 Å². The molecule has 0 bridgehead atoms. The Kier molecular flexibility index (Phi) is 12.6. The van der Waals surface area contributed by atoms with Crippen LogP contribution in [0.5, 0.6) is 5.75 Å². The summed E-state index contributed by atoms with van der Waals surface area (Å²) >= 11 is 0. The van der Waals surface area contributed by atoms with E-state index in [4.69, 9.17) is 9.47 Å². The Morgan fingerprint density at radius 3 is 2.08 bits per heavy atom. The second-order valence-electron chi connectivity index (χ2n) is 6.78. The van der Waals surface area contributed by atoms with Gasteiger partial charge in [-0.3, -0.25) is 4.79 Å². The average molecular weight is 516 g/mol. The Bertz CT molecular complexity index is 1180. The molecule has 3 rings (SSSR count). The molecule has 6 nitrogen and oxygen atoms in total. The Morgan fingerprint density at radius 1 is 0.889 bits per heavy atom. The van der Waals surface area contributed by atoms with Gasteiger partial charge in [0.15, 0.2) is 29.0 Å². The van der Waals surface area contributed by atoms with Crippen LogP contribution in [0.1, 0.15) is 38.8 Å². The van der Waals surface area contributed by atoms with E-state index in [-0.39, 0.29) is 42.7 Å². The van der Waals surface area contributed by atoms with Crippen molar-refractivity contribution >= 4 is 11.6 Å². The Hall–Kier alpha value is -3.47. The van der Waals surface area contributed by atoms with Crippen LogP contribution in [-0.2, 0) is 11.3 Å². The van der Waals surface area contributed by atoms with Gasteiger partial charge in [0.2, 0.25) is 11.8 Å². The van der Waals surface area contributed by atoms with Crippen LogP contribution in [0.4, 0.5) is 33.6 Å². The van der Waals surface area contributed by atoms with E-state index in [0.717, 1.165) is 22.9 Å². The van der Waals surface area contributed by atoms with Crippen LogP contribution >= 0.6 is 0 Å². The van der Waals surface area contributed by atoms with Crippen molar-refractivity contribution in [1.82, 2.24) is 9.55 Å². The number of hydrogen-bond donors (Lipinski definition) is 1. The van der Waals surface area contributed by atoms with E-state index in [1.54, 1.807) is 6.92 Å². The molecule has 0 unspecified atom stereocenters. The van der Waals surface area contributed by atoms with Crippen molar-refractivity contribution in [2.45, 2.75) is 41.2 Å². The molecule has 198 valence electrons. The lowest BCUT2D eigenvalue weighted by Crippen LogP contribution is -2.20. The van der Waals surface area contributed by atoms with Gasteiger partial charge in [0, 0.05) is 25.1 Å². The third-order valence-electron chi connectivity index (χ3n) is 4.42. The molecule has 0 radical (unpaired) electrons. The van der Waals surface area contributed by atoms with E-state index in [0.29, 0.717) is 5.56 Å². The van der Waals surface area contributed by atoms with Crippen LogP contribution < -0.4 is 15.6 Å². The van der Waals surface area contributed by atoms with Gasteiger partial charge in [-0.25, -0.2) is 17.6 Å². The maximum atomic E-state index is 14.2. The molecule has 0 saturated heterocycles. The highest BCUT2D eigenvalue weighted by molar-refractivity contribution is 5.61. The topological polar surface area (TPSA) is 65.4 Å². The molecule has 0 aliphatic carbocycles. The molecule has 11 heteroatoms. The van der Waals surface area contributed by atoms with Gasteiger partial charge in [-0.1, -0.05) is 27.7 Å². The van der Waals surface area contributed by atoms with Gasteiger partial charge in [0.25, 0.3) is 0 Å².